The van der Waals surface area contributed by atoms with Crippen LogP contribution in [-0.2, 0) is 11.2 Å². The first kappa shape index (κ1) is 14.5. The molecule has 0 radical (unpaired) electrons. The zero-order valence-corrected chi connectivity index (χ0v) is 13.0. The van der Waals surface area contributed by atoms with Crippen LogP contribution in [0.25, 0.3) is 0 Å². The molecule has 2 rings (SSSR count). The summed E-state index contributed by atoms with van der Waals surface area (Å²) in [6, 6.07) is 7.89. The van der Waals surface area contributed by atoms with Crippen LogP contribution in [0.3, 0.4) is 0 Å². The molecule has 1 aromatic carbocycles. The van der Waals surface area contributed by atoms with Gasteiger partial charge in [-0.1, -0.05) is 46.7 Å². The van der Waals surface area contributed by atoms with E-state index in [1.807, 2.05) is 24.3 Å². The Balaban J connectivity index is 1.92. The second kappa shape index (κ2) is 6.48. The molecule has 2 unspecified atom stereocenters. The number of amides is 1. The number of thiocarbonyl (C=S) groups is 1. The van der Waals surface area contributed by atoms with Crippen molar-refractivity contribution in [2.75, 3.05) is 0 Å². The molecule has 5 heteroatoms. The summed E-state index contributed by atoms with van der Waals surface area (Å²) in [6.45, 7) is 0. The minimum Gasteiger partial charge on any atom is -0.393 e. The van der Waals surface area contributed by atoms with E-state index in [0.29, 0.717) is 11.4 Å². The van der Waals surface area contributed by atoms with Gasteiger partial charge in [0.2, 0.25) is 5.91 Å². The molecular weight excluding hydrogens is 324 g/mol. The molecule has 1 fully saturated rings. The van der Waals surface area contributed by atoms with E-state index in [1.54, 1.807) is 0 Å². The van der Waals surface area contributed by atoms with Crippen molar-refractivity contribution in [2.24, 2.45) is 11.7 Å². The van der Waals surface area contributed by atoms with Crippen molar-refractivity contribution >= 4 is 39.0 Å². The van der Waals surface area contributed by atoms with Gasteiger partial charge in [-0.25, -0.2) is 0 Å². The zero-order chi connectivity index (χ0) is 13.8. The average Bonchev–Trinajstić information content (AvgIpc) is 2.76. The molecule has 0 heterocycles. The van der Waals surface area contributed by atoms with Crippen molar-refractivity contribution in [2.45, 2.75) is 31.7 Å². The summed E-state index contributed by atoms with van der Waals surface area (Å²) in [6.07, 6.45) is 3.41. The Kier molecular flexibility index (Phi) is 4.93. The van der Waals surface area contributed by atoms with Crippen LogP contribution in [0, 0.1) is 5.92 Å². The highest BCUT2D eigenvalue weighted by Crippen LogP contribution is 2.26. The van der Waals surface area contributed by atoms with E-state index >= 15 is 0 Å². The average molecular weight is 341 g/mol. The number of rotatable bonds is 4. The van der Waals surface area contributed by atoms with Crippen molar-refractivity contribution in [1.82, 2.24) is 5.32 Å². The van der Waals surface area contributed by atoms with Crippen LogP contribution >= 0.6 is 28.1 Å². The molecule has 1 aliphatic carbocycles. The summed E-state index contributed by atoms with van der Waals surface area (Å²) < 4.78 is 0.986. The van der Waals surface area contributed by atoms with Crippen LogP contribution in [0.5, 0.6) is 0 Å². The fourth-order valence-corrected chi connectivity index (χ4v) is 3.29. The molecule has 2 atom stereocenters. The second-order valence-corrected chi connectivity index (χ2v) is 6.31. The van der Waals surface area contributed by atoms with E-state index < -0.39 is 0 Å². The Morgan fingerprint density at radius 3 is 2.95 bits per heavy atom. The van der Waals surface area contributed by atoms with Crippen LogP contribution in [0.4, 0.5) is 0 Å². The lowest BCUT2D eigenvalue weighted by Gasteiger charge is -2.19. The minimum absolute atomic E-state index is 0.0336. The summed E-state index contributed by atoms with van der Waals surface area (Å²) in [7, 11) is 0. The van der Waals surface area contributed by atoms with E-state index in [1.165, 1.54) is 0 Å². The first-order valence-electron chi connectivity index (χ1n) is 6.39. The highest BCUT2D eigenvalue weighted by Gasteiger charge is 2.30. The summed E-state index contributed by atoms with van der Waals surface area (Å²) in [5, 5.41) is 3.06. The molecule has 102 valence electrons. The fraction of sp³-hybridized carbons (Fsp3) is 0.429. The van der Waals surface area contributed by atoms with E-state index in [4.69, 9.17) is 18.0 Å². The second-order valence-electron chi connectivity index (χ2n) is 4.92. The lowest BCUT2D eigenvalue weighted by Crippen LogP contribution is -2.42. The number of hydrogen-bond acceptors (Lipinski definition) is 2. The number of carbonyl (C=O) groups is 1. The third-order valence-electron chi connectivity index (χ3n) is 3.48. The molecule has 0 saturated heterocycles. The third kappa shape index (κ3) is 4.01. The van der Waals surface area contributed by atoms with Crippen LogP contribution in [0.2, 0.25) is 0 Å². The third-order valence-corrected chi connectivity index (χ3v) is 4.28. The van der Waals surface area contributed by atoms with Gasteiger partial charge in [0, 0.05) is 16.4 Å². The van der Waals surface area contributed by atoms with Gasteiger partial charge in [0.25, 0.3) is 0 Å². The van der Waals surface area contributed by atoms with Crippen molar-refractivity contribution in [1.29, 1.82) is 0 Å². The molecule has 1 aliphatic rings. The van der Waals surface area contributed by atoms with Crippen LogP contribution < -0.4 is 11.1 Å². The predicted octanol–water partition coefficient (Wildman–Crippen LogP) is 2.56. The first-order valence-corrected chi connectivity index (χ1v) is 7.59. The minimum atomic E-state index is 0.0336. The Bertz CT molecular complexity index is 492. The standard InChI is InChI=1S/C14H17BrN2OS/c15-10-4-1-3-9(7-10)8-13(18)17-12-6-2-5-11(12)14(16)19/h1,3-4,7,11-12H,2,5-6,8H2,(H2,16,19)(H,17,18). The fourth-order valence-electron chi connectivity index (χ4n) is 2.56. The SMILES string of the molecule is NC(=S)C1CCCC1NC(=O)Cc1cccc(Br)c1. The maximum Gasteiger partial charge on any atom is 0.224 e. The number of halogens is 1. The largest absolute Gasteiger partial charge is 0.393 e. The van der Waals surface area contributed by atoms with E-state index in [0.717, 1.165) is 29.3 Å². The number of carbonyl (C=O) groups excluding carboxylic acids is 1. The van der Waals surface area contributed by atoms with Crippen molar-refractivity contribution in [3.05, 3.63) is 34.3 Å². The van der Waals surface area contributed by atoms with Crippen molar-refractivity contribution in [3.8, 4) is 0 Å². The number of nitrogens with two attached hydrogens (primary N) is 1. The molecule has 1 aromatic rings. The maximum absolute atomic E-state index is 12.0. The first-order chi connectivity index (χ1) is 9.06. The number of benzene rings is 1. The van der Waals surface area contributed by atoms with Gasteiger partial charge < -0.3 is 11.1 Å². The quantitative estimate of drug-likeness (QED) is 0.828. The Labute approximate surface area is 127 Å². The molecule has 0 bridgehead atoms. The highest BCUT2D eigenvalue weighted by atomic mass is 79.9. The summed E-state index contributed by atoms with van der Waals surface area (Å²) in [5.74, 6) is 0.188. The monoisotopic (exact) mass is 340 g/mol. The highest BCUT2D eigenvalue weighted by molar-refractivity contribution is 9.10. The number of nitrogens with one attached hydrogen (secondary N) is 1. The van der Waals surface area contributed by atoms with Gasteiger partial charge in [0.05, 0.1) is 11.4 Å². The van der Waals surface area contributed by atoms with Gasteiger partial charge in [0.15, 0.2) is 0 Å². The predicted molar refractivity (Wildman–Crippen MR) is 83.9 cm³/mol. The smallest absolute Gasteiger partial charge is 0.224 e. The zero-order valence-electron chi connectivity index (χ0n) is 10.6. The summed E-state index contributed by atoms with van der Waals surface area (Å²) in [5.41, 5.74) is 6.71. The van der Waals surface area contributed by atoms with Crippen molar-refractivity contribution < 1.29 is 4.79 Å². The van der Waals surface area contributed by atoms with Crippen molar-refractivity contribution in [3.63, 3.8) is 0 Å². The molecule has 19 heavy (non-hydrogen) atoms. The van der Waals surface area contributed by atoms with Crippen LogP contribution in [0.15, 0.2) is 28.7 Å². The van der Waals surface area contributed by atoms with E-state index in [-0.39, 0.29) is 17.9 Å². The molecule has 1 saturated carbocycles. The lowest BCUT2D eigenvalue weighted by atomic mass is 10.0. The van der Waals surface area contributed by atoms with Crippen LogP contribution in [-0.4, -0.2) is 16.9 Å². The summed E-state index contributed by atoms with van der Waals surface area (Å²) >= 11 is 8.46. The normalized spacial score (nSPS) is 22.2. The van der Waals surface area contributed by atoms with Crippen LogP contribution in [0.1, 0.15) is 24.8 Å². The van der Waals surface area contributed by atoms with Gasteiger partial charge in [-0.3, -0.25) is 4.79 Å². The van der Waals surface area contributed by atoms with Gasteiger partial charge in [-0.15, -0.1) is 0 Å². The van der Waals surface area contributed by atoms with Gasteiger partial charge in [-0.2, -0.15) is 0 Å². The maximum atomic E-state index is 12.0. The molecule has 3 N–H and O–H groups in total. The molecular formula is C14H17BrN2OS. The Hall–Kier alpha value is -0.940. The molecule has 1 amide bonds. The summed E-state index contributed by atoms with van der Waals surface area (Å²) in [4.78, 5) is 12.6. The topological polar surface area (TPSA) is 55.1 Å². The lowest BCUT2D eigenvalue weighted by molar-refractivity contribution is -0.121. The molecule has 0 spiro atoms. The van der Waals surface area contributed by atoms with Gasteiger partial charge in [0.1, 0.15) is 0 Å². The van der Waals surface area contributed by atoms with Gasteiger partial charge >= 0.3 is 0 Å². The molecule has 0 aliphatic heterocycles. The molecule has 0 aromatic heterocycles. The molecule has 3 nitrogen and oxygen atoms in total. The van der Waals surface area contributed by atoms with E-state index in [2.05, 4.69) is 21.2 Å². The number of hydrogen-bond donors (Lipinski definition) is 2. The Morgan fingerprint density at radius 2 is 2.26 bits per heavy atom. The van der Waals surface area contributed by atoms with E-state index in [9.17, 15) is 4.79 Å². The Morgan fingerprint density at radius 1 is 1.47 bits per heavy atom. The van der Waals surface area contributed by atoms with Gasteiger partial charge in [-0.05, 0) is 30.5 Å².